The topological polar surface area (TPSA) is 83.8 Å². The first-order valence-electron chi connectivity index (χ1n) is 11.2. The fourth-order valence-electron chi connectivity index (χ4n) is 8.48. The van der Waals surface area contributed by atoms with E-state index in [1.54, 1.807) is 6.08 Å². The SMILES string of the molecule is C[C@]12C=CC(=O)C=C1CC[C@H]1[C@@H]3[C@@H]4CC[C@@H]4[C@@](O)(CCOC(=O)O)[C@@]3(C)CC[C@@H]12. The molecule has 5 aliphatic carbocycles. The molecule has 5 rings (SSSR count). The van der Waals surface area contributed by atoms with E-state index in [4.69, 9.17) is 9.84 Å². The van der Waals surface area contributed by atoms with Crippen molar-refractivity contribution in [2.45, 2.75) is 64.4 Å². The number of ether oxygens (including phenoxy) is 1. The van der Waals surface area contributed by atoms with Crippen LogP contribution in [0.3, 0.4) is 0 Å². The Hall–Kier alpha value is -1.62. The van der Waals surface area contributed by atoms with Crippen LogP contribution >= 0.6 is 0 Å². The Balaban J connectivity index is 1.47. The highest BCUT2D eigenvalue weighted by molar-refractivity contribution is 6.01. The van der Waals surface area contributed by atoms with Crippen molar-refractivity contribution in [1.82, 2.24) is 0 Å². The standard InChI is InChI=1S/C24H32O5/c1-22-9-7-15(25)13-14(22)3-4-16-18(22)8-10-23(2)20(16)17-5-6-19(17)24(23,28)11-12-29-21(26)27/h7,9,13,16-20,28H,3-6,8,10-12H2,1-2H3,(H,26,27)/t16-,17-,18+,19+,20-,22+,23+,24+/m1/s1. The monoisotopic (exact) mass is 400 g/mol. The van der Waals surface area contributed by atoms with Crippen molar-refractivity contribution in [3.8, 4) is 0 Å². The lowest BCUT2D eigenvalue weighted by atomic mass is 9.46. The Kier molecular flexibility index (Phi) is 4.13. The summed E-state index contributed by atoms with van der Waals surface area (Å²) in [6.45, 7) is 4.64. The minimum absolute atomic E-state index is 0.0372. The molecule has 0 aromatic heterocycles. The molecule has 0 amide bonds. The smallest absolute Gasteiger partial charge is 0.450 e. The molecule has 5 aliphatic rings. The van der Waals surface area contributed by atoms with Crippen molar-refractivity contribution < 1.29 is 24.5 Å². The molecule has 29 heavy (non-hydrogen) atoms. The van der Waals surface area contributed by atoms with Gasteiger partial charge < -0.3 is 14.9 Å². The minimum Gasteiger partial charge on any atom is -0.450 e. The lowest BCUT2D eigenvalue weighted by Crippen LogP contribution is -2.55. The number of carbonyl (C=O) groups excluding carboxylic acids is 1. The summed E-state index contributed by atoms with van der Waals surface area (Å²) in [7, 11) is 0. The lowest BCUT2D eigenvalue weighted by molar-refractivity contribution is -0.145. The van der Waals surface area contributed by atoms with Crippen LogP contribution < -0.4 is 0 Å². The second kappa shape index (κ2) is 6.19. The van der Waals surface area contributed by atoms with Gasteiger partial charge in [-0.05, 0) is 80.3 Å². The molecule has 0 aliphatic heterocycles. The van der Waals surface area contributed by atoms with Gasteiger partial charge in [0.1, 0.15) is 0 Å². The molecule has 0 spiro atoms. The fraction of sp³-hybridized carbons (Fsp3) is 0.750. The Morgan fingerprint density at radius 3 is 2.62 bits per heavy atom. The van der Waals surface area contributed by atoms with Crippen LogP contribution in [0.15, 0.2) is 23.8 Å². The van der Waals surface area contributed by atoms with E-state index in [2.05, 4.69) is 19.9 Å². The Labute approximate surface area is 172 Å². The van der Waals surface area contributed by atoms with E-state index >= 15 is 0 Å². The summed E-state index contributed by atoms with van der Waals surface area (Å²) in [5.74, 6) is 2.45. The predicted octanol–water partition coefficient (Wildman–Crippen LogP) is 4.36. The van der Waals surface area contributed by atoms with Gasteiger partial charge in [0.05, 0.1) is 12.2 Å². The minimum atomic E-state index is -1.26. The zero-order valence-electron chi connectivity index (χ0n) is 17.4. The van der Waals surface area contributed by atoms with Crippen molar-refractivity contribution >= 4 is 11.9 Å². The maximum Gasteiger partial charge on any atom is 0.505 e. The van der Waals surface area contributed by atoms with Crippen LogP contribution in [0.2, 0.25) is 0 Å². The molecule has 0 bridgehead atoms. The zero-order chi connectivity index (χ0) is 20.6. The number of hydrogen-bond acceptors (Lipinski definition) is 4. The number of carbonyl (C=O) groups is 2. The molecule has 2 N–H and O–H groups in total. The molecule has 158 valence electrons. The maximum absolute atomic E-state index is 11.9. The second-order valence-electron chi connectivity index (χ2n) is 10.6. The lowest BCUT2D eigenvalue weighted by Gasteiger charge is -2.58. The summed E-state index contributed by atoms with van der Waals surface area (Å²) >= 11 is 0. The maximum atomic E-state index is 11.9. The van der Waals surface area contributed by atoms with Crippen LogP contribution in [0.25, 0.3) is 0 Å². The van der Waals surface area contributed by atoms with Gasteiger partial charge in [0.2, 0.25) is 0 Å². The van der Waals surface area contributed by atoms with E-state index in [9.17, 15) is 14.7 Å². The Bertz CT molecular complexity index is 814. The second-order valence-corrected chi connectivity index (χ2v) is 10.6. The van der Waals surface area contributed by atoms with Crippen molar-refractivity contribution in [3.05, 3.63) is 23.8 Å². The molecule has 0 heterocycles. The summed E-state index contributed by atoms with van der Waals surface area (Å²) in [5.41, 5.74) is 0.234. The summed E-state index contributed by atoms with van der Waals surface area (Å²) in [6.07, 6.45) is 11.2. The normalized spacial score (nSPS) is 49.8. The van der Waals surface area contributed by atoms with Gasteiger partial charge in [-0.3, -0.25) is 4.79 Å². The average Bonchev–Trinajstić information content (AvgIpc) is 2.75. The first kappa shape index (κ1) is 19.3. The van der Waals surface area contributed by atoms with E-state index in [0.717, 1.165) is 32.1 Å². The Morgan fingerprint density at radius 1 is 1.17 bits per heavy atom. The number of aliphatic hydroxyl groups is 1. The first-order chi connectivity index (χ1) is 13.7. The van der Waals surface area contributed by atoms with Gasteiger partial charge in [-0.2, -0.15) is 0 Å². The number of carboxylic acid groups (broad SMARTS) is 1. The third kappa shape index (κ3) is 2.43. The van der Waals surface area contributed by atoms with Gasteiger partial charge in [0.15, 0.2) is 5.78 Å². The van der Waals surface area contributed by atoms with E-state index in [1.165, 1.54) is 12.0 Å². The van der Waals surface area contributed by atoms with Gasteiger partial charge in [0.25, 0.3) is 0 Å². The number of fused-ring (bicyclic) bond motifs is 7. The first-order valence-corrected chi connectivity index (χ1v) is 11.2. The third-order valence-electron chi connectivity index (χ3n) is 9.91. The van der Waals surface area contributed by atoms with Crippen LogP contribution in [0.1, 0.15) is 58.8 Å². The van der Waals surface area contributed by atoms with Gasteiger partial charge in [-0.15, -0.1) is 0 Å². The highest BCUT2D eigenvalue weighted by Crippen LogP contribution is 2.74. The molecule has 5 heteroatoms. The van der Waals surface area contributed by atoms with Gasteiger partial charge in [0, 0.05) is 17.3 Å². The highest BCUT2D eigenvalue weighted by Gasteiger charge is 2.72. The summed E-state index contributed by atoms with van der Waals surface area (Å²) in [5, 5.41) is 20.8. The van der Waals surface area contributed by atoms with E-state index in [1.807, 2.05) is 6.08 Å². The van der Waals surface area contributed by atoms with E-state index < -0.39 is 11.8 Å². The van der Waals surface area contributed by atoms with Gasteiger partial charge >= 0.3 is 6.16 Å². The van der Waals surface area contributed by atoms with Crippen LogP contribution in [0.5, 0.6) is 0 Å². The van der Waals surface area contributed by atoms with Crippen LogP contribution in [0.4, 0.5) is 4.79 Å². The van der Waals surface area contributed by atoms with Crippen molar-refractivity contribution in [2.75, 3.05) is 6.61 Å². The molecular weight excluding hydrogens is 368 g/mol. The molecule has 0 aromatic rings. The zero-order valence-corrected chi connectivity index (χ0v) is 17.4. The van der Waals surface area contributed by atoms with E-state index in [0.29, 0.717) is 30.1 Å². The average molecular weight is 401 g/mol. The van der Waals surface area contributed by atoms with Crippen LogP contribution in [-0.4, -0.2) is 34.4 Å². The molecule has 0 unspecified atom stereocenters. The predicted molar refractivity (Wildman–Crippen MR) is 107 cm³/mol. The summed E-state index contributed by atoms with van der Waals surface area (Å²) in [6, 6.07) is 0. The molecular formula is C24H32O5. The fourth-order valence-corrected chi connectivity index (χ4v) is 8.48. The van der Waals surface area contributed by atoms with E-state index in [-0.39, 0.29) is 29.1 Å². The van der Waals surface area contributed by atoms with Crippen molar-refractivity contribution in [1.29, 1.82) is 0 Å². The quantitative estimate of drug-likeness (QED) is 0.688. The van der Waals surface area contributed by atoms with Crippen molar-refractivity contribution in [2.24, 2.45) is 40.4 Å². The summed E-state index contributed by atoms with van der Waals surface area (Å²) < 4.78 is 4.81. The third-order valence-corrected chi connectivity index (χ3v) is 9.91. The molecule has 4 fully saturated rings. The largest absolute Gasteiger partial charge is 0.505 e. The molecule has 8 atom stereocenters. The molecule has 4 saturated carbocycles. The number of allylic oxidation sites excluding steroid dienone is 4. The number of rotatable bonds is 3. The molecule has 0 saturated heterocycles. The van der Waals surface area contributed by atoms with Gasteiger partial charge in [-0.1, -0.05) is 25.5 Å². The number of ketones is 1. The Morgan fingerprint density at radius 2 is 1.93 bits per heavy atom. The van der Waals surface area contributed by atoms with Gasteiger partial charge in [-0.25, -0.2) is 4.79 Å². The summed E-state index contributed by atoms with van der Waals surface area (Å²) in [4.78, 5) is 22.8. The number of hydrogen-bond donors (Lipinski definition) is 2. The molecule has 0 radical (unpaired) electrons. The molecule has 0 aromatic carbocycles. The molecule has 5 nitrogen and oxygen atoms in total. The van der Waals surface area contributed by atoms with Crippen LogP contribution in [0, 0.1) is 40.4 Å². The highest BCUT2D eigenvalue weighted by atomic mass is 16.7. The van der Waals surface area contributed by atoms with Crippen LogP contribution in [-0.2, 0) is 9.53 Å². The van der Waals surface area contributed by atoms with Crippen molar-refractivity contribution in [3.63, 3.8) is 0 Å².